The van der Waals surface area contributed by atoms with Gasteiger partial charge in [-0.1, -0.05) is 31.0 Å². The number of sulfonamides is 1. The van der Waals surface area contributed by atoms with E-state index in [1.54, 1.807) is 6.92 Å². The van der Waals surface area contributed by atoms with Crippen molar-refractivity contribution in [3.05, 3.63) is 59.2 Å². The molecule has 2 aromatic rings. The number of carbonyl (C=O) groups is 1. The Hall–Kier alpha value is -2.39. The summed E-state index contributed by atoms with van der Waals surface area (Å²) in [7, 11) is -3.79. The first-order valence-corrected chi connectivity index (χ1v) is 11.1. The van der Waals surface area contributed by atoms with E-state index in [0.29, 0.717) is 18.7 Å². The van der Waals surface area contributed by atoms with Crippen molar-refractivity contribution < 1.29 is 26.4 Å². The molecule has 2 aromatic carbocycles. The fourth-order valence-electron chi connectivity index (χ4n) is 3.47. The number of amides is 1. The molecule has 1 heterocycles. The van der Waals surface area contributed by atoms with Gasteiger partial charge in [-0.25, -0.2) is 8.42 Å². The molecule has 0 atom stereocenters. The quantitative estimate of drug-likeness (QED) is 0.741. The summed E-state index contributed by atoms with van der Waals surface area (Å²) in [5.41, 5.74) is -0.866. The van der Waals surface area contributed by atoms with Crippen LogP contribution >= 0.6 is 0 Å². The lowest BCUT2D eigenvalue weighted by atomic mass is 10.1. The fourth-order valence-corrected chi connectivity index (χ4v) is 5.01. The second-order valence-corrected chi connectivity index (χ2v) is 9.23. The van der Waals surface area contributed by atoms with Crippen molar-refractivity contribution in [2.45, 2.75) is 43.7 Å². The second kappa shape index (κ2) is 8.77. The predicted octanol–water partition coefficient (Wildman–Crippen LogP) is 4.83. The smallest absolute Gasteiger partial charge is 0.321 e. The first kappa shape index (κ1) is 22.3. The molecule has 0 radical (unpaired) electrons. The number of para-hydroxylation sites is 1. The summed E-state index contributed by atoms with van der Waals surface area (Å²) in [5, 5.41) is 2.28. The molecule has 0 saturated carbocycles. The molecule has 162 valence electrons. The van der Waals surface area contributed by atoms with Gasteiger partial charge in [-0.15, -0.1) is 0 Å². The average molecular weight is 440 g/mol. The standard InChI is InChI=1S/C21H23F3N2O3S/c1-15-10-11-16(30(28,29)26-12-6-2-3-7-13-26)14-17(15)20(27)25-19-9-5-4-8-18(19)21(22,23)24/h4-5,8-11,14H,2-3,6-7,12-13H2,1H3,(H,25,27). The van der Waals surface area contributed by atoms with Gasteiger partial charge < -0.3 is 5.32 Å². The number of aryl methyl sites for hydroxylation is 1. The van der Waals surface area contributed by atoms with E-state index >= 15 is 0 Å². The Morgan fingerprint density at radius 2 is 1.63 bits per heavy atom. The van der Waals surface area contributed by atoms with E-state index in [1.165, 1.54) is 34.6 Å². The third-order valence-electron chi connectivity index (χ3n) is 5.14. The predicted molar refractivity (Wildman–Crippen MR) is 108 cm³/mol. The van der Waals surface area contributed by atoms with Gasteiger partial charge in [0, 0.05) is 18.7 Å². The van der Waals surface area contributed by atoms with Gasteiger partial charge in [0.25, 0.3) is 5.91 Å². The monoisotopic (exact) mass is 440 g/mol. The minimum absolute atomic E-state index is 0.0166. The first-order chi connectivity index (χ1) is 14.1. The van der Waals surface area contributed by atoms with Crippen LogP contribution in [0.25, 0.3) is 0 Å². The van der Waals surface area contributed by atoms with Gasteiger partial charge in [-0.05, 0) is 49.6 Å². The van der Waals surface area contributed by atoms with Gasteiger partial charge in [0.15, 0.2) is 0 Å². The maximum Gasteiger partial charge on any atom is 0.418 e. The molecule has 0 bridgehead atoms. The fraction of sp³-hybridized carbons (Fsp3) is 0.381. The van der Waals surface area contributed by atoms with Gasteiger partial charge >= 0.3 is 6.18 Å². The third kappa shape index (κ3) is 4.84. The van der Waals surface area contributed by atoms with Gasteiger partial charge in [0.2, 0.25) is 10.0 Å². The molecule has 1 saturated heterocycles. The summed E-state index contributed by atoms with van der Waals surface area (Å²) in [5.74, 6) is -0.794. The summed E-state index contributed by atoms with van der Waals surface area (Å²) >= 11 is 0. The van der Waals surface area contributed by atoms with E-state index in [9.17, 15) is 26.4 Å². The normalized spacial score (nSPS) is 16.1. The summed E-state index contributed by atoms with van der Waals surface area (Å²) in [6, 6.07) is 8.82. The summed E-state index contributed by atoms with van der Waals surface area (Å²) in [4.78, 5) is 12.7. The van der Waals surface area contributed by atoms with Crippen LogP contribution in [0.3, 0.4) is 0 Å². The van der Waals surface area contributed by atoms with Crippen molar-refractivity contribution in [1.82, 2.24) is 4.31 Å². The summed E-state index contributed by atoms with van der Waals surface area (Å²) in [6.07, 6.45) is -1.16. The Balaban J connectivity index is 1.92. The number of anilines is 1. The zero-order valence-corrected chi connectivity index (χ0v) is 17.3. The van der Waals surface area contributed by atoms with Crippen molar-refractivity contribution >= 4 is 21.6 Å². The molecule has 1 aliphatic heterocycles. The van der Waals surface area contributed by atoms with Crippen molar-refractivity contribution in [2.75, 3.05) is 18.4 Å². The Labute approximate surface area is 173 Å². The Bertz CT molecular complexity index is 1030. The highest BCUT2D eigenvalue weighted by Crippen LogP contribution is 2.35. The lowest BCUT2D eigenvalue weighted by Crippen LogP contribution is -2.32. The molecule has 9 heteroatoms. The van der Waals surface area contributed by atoms with E-state index in [2.05, 4.69) is 5.32 Å². The molecule has 1 amide bonds. The van der Waals surface area contributed by atoms with Crippen molar-refractivity contribution in [3.63, 3.8) is 0 Å². The molecule has 0 unspecified atom stereocenters. The summed E-state index contributed by atoms with van der Waals surface area (Å²) in [6.45, 7) is 2.43. The van der Waals surface area contributed by atoms with Crippen LogP contribution in [0.2, 0.25) is 0 Å². The number of halogens is 3. The van der Waals surface area contributed by atoms with Crippen LogP contribution in [0, 0.1) is 6.92 Å². The molecule has 5 nitrogen and oxygen atoms in total. The van der Waals surface area contributed by atoms with Crippen LogP contribution in [0.4, 0.5) is 18.9 Å². The van der Waals surface area contributed by atoms with Crippen LogP contribution in [0.5, 0.6) is 0 Å². The first-order valence-electron chi connectivity index (χ1n) is 9.69. The number of hydrogen-bond donors (Lipinski definition) is 1. The van der Waals surface area contributed by atoms with Gasteiger partial charge in [-0.3, -0.25) is 4.79 Å². The molecular weight excluding hydrogens is 417 g/mol. The lowest BCUT2D eigenvalue weighted by Gasteiger charge is -2.20. The SMILES string of the molecule is Cc1ccc(S(=O)(=O)N2CCCCCC2)cc1C(=O)Nc1ccccc1C(F)(F)F. The largest absolute Gasteiger partial charge is 0.418 e. The summed E-state index contributed by atoms with van der Waals surface area (Å²) < 4.78 is 67.1. The topological polar surface area (TPSA) is 66.5 Å². The average Bonchev–Trinajstić information content (AvgIpc) is 2.98. The molecule has 0 aromatic heterocycles. The van der Waals surface area contributed by atoms with E-state index in [1.807, 2.05) is 0 Å². The van der Waals surface area contributed by atoms with E-state index < -0.39 is 27.7 Å². The van der Waals surface area contributed by atoms with Gasteiger partial charge in [0.05, 0.1) is 16.1 Å². The highest BCUT2D eigenvalue weighted by Gasteiger charge is 2.34. The van der Waals surface area contributed by atoms with E-state index in [0.717, 1.165) is 37.8 Å². The molecule has 1 N–H and O–H groups in total. The van der Waals surface area contributed by atoms with E-state index in [-0.39, 0.29) is 16.1 Å². The Morgan fingerprint density at radius 3 is 2.27 bits per heavy atom. The third-order valence-corrected chi connectivity index (χ3v) is 7.03. The molecule has 1 aliphatic rings. The zero-order valence-electron chi connectivity index (χ0n) is 16.5. The van der Waals surface area contributed by atoms with Gasteiger partial charge in [-0.2, -0.15) is 17.5 Å². The number of nitrogens with one attached hydrogen (secondary N) is 1. The van der Waals surface area contributed by atoms with Crippen molar-refractivity contribution in [3.8, 4) is 0 Å². The van der Waals surface area contributed by atoms with Gasteiger partial charge in [0.1, 0.15) is 0 Å². The molecule has 0 aliphatic carbocycles. The minimum Gasteiger partial charge on any atom is -0.321 e. The zero-order chi connectivity index (χ0) is 21.9. The molecule has 3 rings (SSSR count). The Kier molecular flexibility index (Phi) is 6.52. The molecule has 30 heavy (non-hydrogen) atoms. The molecule has 0 spiro atoms. The van der Waals surface area contributed by atoms with Crippen LogP contribution in [0.15, 0.2) is 47.4 Å². The number of benzene rings is 2. The number of rotatable bonds is 4. The maximum atomic E-state index is 13.2. The highest BCUT2D eigenvalue weighted by molar-refractivity contribution is 7.89. The number of carbonyl (C=O) groups excluding carboxylic acids is 1. The number of alkyl halides is 3. The van der Waals surface area contributed by atoms with Crippen LogP contribution in [-0.4, -0.2) is 31.7 Å². The van der Waals surface area contributed by atoms with Crippen molar-refractivity contribution in [2.24, 2.45) is 0 Å². The van der Waals surface area contributed by atoms with Crippen LogP contribution in [-0.2, 0) is 16.2 Å². The molecular formula is C21H23F3N2O3S. The highest BCUT2D eigenvalue weighted by atomic mass is 32.2. The number of hydrogen-bond acceptors (Lipinski definition) is 3. The van der Waals surface area contributed by atoms with E-state index in [4.69, 9.17) is 0 Å². The van der Waals surface area contributed by atoms with Crippen LogP contribution in [0.1, 0.15) is 47.2 Å². The molecule has 1 fully saturated rings. The lowest BCUT2D eigenvalue weighted by molar-refractivity contribution is -0.136. The maximum absolute atomic E-state index is 13.2. The Morgan fingerprint density at radius 1 is 1.00 bits per heavy atom. The van der Waals surface area contributed by atoms with Crippen LogP contribution < -0.4 is 5.32 Å². The minimum atomic E-state index is -4.63. The van der Waals surface area contributed by atoms with Crippen molar-refractivity contribution in [1.29, 1.82) is 0 Å². The number of nitrogens with zero attached hydrogens (tertiary/aromatic N) is 1. The second-order valence-electron chi connectivity index (χ2n) is 7.29.